The first-order valence-electron chi connectivity index (χ1n) is 9.14. The van der Waals surface area contributed by atoms with Gasteiger partial charge in [0.25, 0.3) is 5.91 Å². The fourth-order valence-electron chi connectivity index (χ4n) is 3.33. The fraction of sp³-hybridized carbons (Fsp3) is 0.684. The lowest BCUT2D eigenvalue weighted by atomic mass is 9.93. The number of aromatic amines is 1. The van der Waals surface area contributed by atoms with Crippen LogP contribution in [-0.2, 0) is 9.53 Å². The summed E-state index contributed by atoms with van der Waals surface area (Å²) in [4.78, 5) is 29.8. The Bertz CT molecular complexity index is 601. The number of H-pyrrole nitrogens is 1. The minimum Gasteiger partial charge on any atom is -0.385 e. The third-order valence-electron chi connectivity index (χ3n) is 5.25. The van der Waals surface area contributed by atoms with E-state index in [0.717, 1.165) is 49.2 Å². The van der Waals surface area contributed by atoms with Gasteiger partial charge in [-0.1, -0.05) is 0 Å². The molecule has 1 aliphatic rings. The lowest BCUT2D eigenvalue weighted by molar-refractivity contribution is -0.122. The Hall–Kier alpha value is -1.82. The third-order valence-corrected chi connectivity index (χ3v) is 5.25. The molecule has 0 saturated carbocycles. The van der Waals surface area contributed by atoms with Crippen molar-refractivity contribution in [3.8, 4) is 0 Å². The lowest BCUT2D eigenvalue weighted by Crippen LogP contribution is -2.40. The summed E-state index contributed by atoms with van der Waals surface area (Å²) in [6.45, 7) is 8.79. The van der Waals surface area contributed by atoms with Crippen LogP contribution in [-0.4, -0.2) is 55.0 Å². The van der Waals surface area contributed by atoms with Crippen LogP contribution in [0.15, 0.2) is 0 Å². The molecule has 6 nitrogen and oxygen atoms in total. The number of carbonyl (C=O) groups is 2. The highest BCUT2D eigenvalue weighted by molar-refractivity contribution is 5.94. The Morgan fingerprint density at radius 3 is 2.44 bits per heavy atom. The van der Waals surface area contributed by atoms with Gasteiger partial charge in [0, 0.05) is 45.5 Å². The molecule has 0 spiro atoms. The van der Waals surface area contributed by atoms with Gasteiger partial charge in [-0.15, -0.1) is 0 Å². The molecule has 140 valence electrons. The van der Waals surface area contributed by atoms with E-state index in [4.69, 9.17) is 4.74 Å². The Morgan fingerprint density at radius 2 is 1.88 bits per heavy atom. The molecule has 1 aromatic rings. The van der Waals surface area contributed by atoms with Crippen LogP contribution in [0.2, 0.25) is 0 Å². The standard InChI is InChI=1S/C19H31N3O3/c1-13-14(2)18(21-15(13)3)19(24)22-9-6-16(7-10-22)12-17(23)20-8-5-11-25-4/h16,21H,5-12H2,1-4H3,(H,20,23). The summed E-state index contributed by atoms with van der Waals surface area (Å²) in [5, 5.41) is 2.94. The molecule has 2 N–H and O–H groups in total. The summed E-state index contributed by atoms with van der Waals surface area (Å²) in [6.07, 6.45) is 3.15. The number of nitrogens with one attached hydrogen (secondary N) is 2. The average molecular weight is 349 g/mol. The minimum atomic E-state index is 0.0798. The SMILES string of the molecule is COCCCNC(=O)CC1CCN(C(=O)c2[nH]c(C)c(C)c2C)CC1. The Labute approximate surface area is 150 Å². The number of aromatic nitrogens is 1. The molecule has 25 heavy (non-hydrogen) atoms. The number of hydrogen-bond donors (Lipinski definition) is 2. The number of likely N-dealkylation sites (tertiary alicyclic amines) is 1. The van der Waals surface area contributed by atoms with Crippen LogP contribution in [0.3, 0.4) is 0 Å². The molecule has 1 aromatic heterocycles. The molecule has 0 unspecified atom stereocenters. The topological polar surface area (TPSA) is 74.4 Å². The molecular formula is C19H31N3O3. The first-order chi connectivity index (χ1) is 11.9. The van der Waals surface area contributed by atoms with Crippen molar-refractivity contribution in [3.05, 3.63) is 22.5 Å². The monoisotopic (exact) mass is 349 g/mol. The van der Waals surface area contributed by atoms with E-state index in [2.05, 4.69) is 10.3 Å². The summed E-state index contributed by atoms with van der Waals surface area (Å²) in [7, 11) is 1.66. The van der Waals surface area contributed by atoms with Gasteiger partial charge in [-0.05, 0) is 57.1 Å². The summed E-state index contributed by atoms with van der Waals surface area (Å²) in [5.74, 6) is 0.545. The molecule has 2 amide bonds. The smallest absolute Gasteiger partial charge is 0.270 e. The van der Waals surface area contributed by atoms with E-state index >= 15 is 0 Å². The zero-order chi connectivity index (χ0) is 18.4. The van der Waals surface area contributed by atoms with Gasteiger partial charge in [0.1, 0.15) is 5.69 Å². The predicted molar refractivity (Wildman–Crippen MR) is 97.8 cm³/mol. The molecule has 2 rings (SSSR count). The van der Waals surface area contributed by atoms with Gasteiger partial charge in [-0.3, -0.25) is 9.59 Å². The quantitative estimate of drug-likeness (QED) is 0.742. The van der Waals surface area contributed by atoms with Crippen molar-refractivity contribution in [3.63, 3.8) is 0 Å². The Morgan fingerprint density at radius 1 is 1.20 bits per heavy atom. The molecular weight excluding hydrogens is 318 g/mol. The van der Waals surface area contributed by atoms with E-state index < -0.39 is 0 Å². The molecule has 1 fully saturated rings. The first-order valence-corrected chi connectivity index (χ1v) is 9.14. The van der Waals surface area contributed by atoms with E-state index in [-0.39, 0.29) is 11.8 Å². The molecule has 0 aliphatic carbocycles. The van der Waals surface area contributed by atoms with Crippen LogP contribution in [0.4, 0.5) is 0 Å². The zero-order valence-corrected chi connectivity index (χ0v) is 15.9. The van der Waals surface area contributed by atoms with Gasteiger partial charge >= 0.3 is 0 Å². The molecule has 0 aromatic carbocycles. The zero-order valence-electron chi connectivity index (χ0n) is 15.9. The van der Waals surface area contributed by atoms with Crippen molar-refractivity contribution < 1.29 is 14.3 Å². The van der Waals surface area contributed by atoms with Crippen LogP contribution in [0.1, 0.15) is 53.0 Å². The number of rotatable bonds is 7. The van der Waals surface area contributed by atoms with Crippen LogP contribution in [0, 0.1) is 26.7 Å². The van der Waals surface area contributed by atoms with E-state index in [1.54, 1.807) is 7.11 Å². The molecule has 1 saturated heterocycles. The number of piperidine rings is 1. The third kappa shape index (κ3) is 5.08. The summed E-state index contributed by atoms with van der Waals surface area (Å²) < 4.78 is 4.97. The molecule has 1 aliphatic heterocycles. The molecule has 0 atom stereocenters. The van der Waals surface area contributed by atoms with Gasteiger partial charge in [0.05, 0.1) is 0 Å². The largest absolute Gasteiger partial charge is 0.385 e. The van der Waals surface area contributed by atoms with Gasteiger partial charge in [0.2, 0.25) is 5.91 Å². The predicted octanol–water partition coefficient (Wildman–Crippen LogP) is 2.33. The van der Waals surface area contributed by atoms with Gasteiger partial charge in [-0.25, -0.2) is 0 Å². The van der Waals surface area contributed by atoms with Crippen molar-refractivity contribution in [2.75, 3.05) is 33.4 Å². The molecule has 0 radical (unpaired) electrons. The van der Waals surface area contributed by atoms with Crippen LogP contribution < -0.4 is 5.32 Å². The second kappa shape index (κ2) is 9.04. The number of amides is 2. The van der Waals surface area contributed by atoms with Crippen molar-refractivity contribution in [2.45, 2.75) is 46.5 Å². The van der Waals surface area contributed by atoms with Crippen LogP contribution >= 0.6 is 0 Å². The second-order valence-electron chi connectivity index (χ2n) is 7.01. The number of ether oxygens (including phenoxy) is 1. The minimum absolute atomic E-state index is 0.0798. The van der Waals surface area contributed by atoms with Gasteiger partial charge < -0.3 is 19.9 Å². The highest BCUT2D eigenvalue weighted by Gasteiger charge is 2.27. The van der Waals surface area contributed by atoms with Crippen molar-refractivity contribution in [1.82, 2.24) is 15.2 Å². The first kappa shape index (κ1) is 19.5. The summed E-state index contributed by atoms with van der Waals surface area (Å²) >= 11 is 0. The normalized spacial score (nSPS) is 15.4. The highest BCUT2D eigenvalue weighted by atomic mass is 16.5. The molecule has 2 heterocycles. The highest BCUT2D eigenvalue weighted by Crippen LogP contribution is 2.24. The van der Waals surface area contributed by atoms with Crippen molar-refractivity contribution >= 4 is 11.8 Å². The Balaban J connectivity index is 1.78. The number of aryl methyl sites for hydroxylation is 1. The van der Waals surface area contributed by atoms with Gasteiger partial charge in [-0.2, -0.15) is 0 Å². The van der Waals surface area contributed by atoms with E-state index in [1.165, 1.54) is 0 Å². The lowest BCUT2D eigenvalue weighted by Gasteiger charge is -2.31. The molecule has 0 bridgehead atoms. The number of carbonyl (C=O) groups excluding carboxylic acids is 2. The van der Waals surface area contributed by atoms with Gasteiger partial charge in [0.15, 0.2) is 0 Å². The van der Waals surface area contributed by atoms with Crippen LogP contribution in [0.5, 0.6) is 0 Å². The van der Waals surface area contributed by atoms with E-state index in [1.807, 2.05) is 25.7 Å². The van der Waals surface area contributed by atoms with E-state index in [9.17, 15) is 9.59 Å². The number of nitrogens with zero attached hydrogens (tertiary/aromatic N) is 1. The second-order valence-corrected chi connectivity index (χ2v) is 7.01. The number of methoxy groups -OCH3 is 1. The summed E-state index contributed by atoms with van der Waals surface area (Å²) in [5.41, 5.74) is 3.97. The summed E-state index contributed by atoms with van der Waals surface area (Å²) in [6, 6.07) is 0. The molecule has 6 heteroatoms. The van der Waals surface area contributed by atoms with Crippen LogP contribution in [0.25, 0.3) is 0 Å². The van der Waals surface area contributed by atoms with E-state index in [0.29, 0.717) is 31.2 Å². The Kier molecular flexibility index (Phi) is 7.05. The maximum absolute atomic E-state index is 12.7. The van der Waals surface area contributed by atoms with Crippen molar-refractivity contribution in [1.29, 1.82) is 0 Å². The maximum atomic E-state index is 12.7. The average Bonchev–Trinajstić information content (AvgIpc) is 2.86. The van der Waals surface area contributed by atoms with Crippen molar-refractivity contribution in [2.24, 2.45) is 5.92 Å². The fourth-order valence-corrected chi connectivity index (χ4v) is 3.33. The number of hydrogen-bond acceptors (Lipinski definition) is 3. The maximum Gasteiger partial charge on any atom is 0.270 e.